The first-order valence-corrected chi connectivity index (χ1v) is 6.97. The van der Waals surface area contributed by atoms with Crippen molar-refractivity contribution in [2.45, 2.75) is 39.0 Å². The van der Waals surface area contributed by atoms with Crippen molar-refractivity contribution in [1.82, 2.24) is 15.6 Å². The first-order valence-electron chi connectivity index (χ1n) is 6.15. The zero-order valence-electron chi connectivity index (χ0n) is 11.7. The first kappa shape index (κ1) is 19.6. The lowest BCUT2D eigenvalue weighted by molar-refractivity contribution is -0.129. The van der Waals surface area contributed by atoms with Gasteiger partial charge in [-0.2, -0.15) is 0 Å². The highest BCUT2D eigenvalue weighted by Gasteiger charge is 2.29. The summed E-state index contributed by atoms with van der Waals surface area (Å²) in [6, 6.07) is -0.339. The molecule has 20 heavy (non-hydrogen) atoms. The lowest BCUT2D eigenvalue weighted by atomic mass is 10.1. The van der Waals surface area contributed by atoms with Crippen molar-refractivity contribution in [3.63, 3.8) is 0 Å². The summed E-state index contributed by atoms with van der Waals surface area (Å²) in [6.45, 7) is 7.24. The molecule has 2 rings (SSSR count). The number of carbonyl (C=O) groups is 1. The summed E-state index contributed by atoms with van der Waals surface area (Å²) in [7, 11) is 0. The minimum atomic E-state index is -0.276. The van der Waals surface area contributed by atoms with Crippen LogP contribution in [0.5, 0.6) is 0 Å². The predicted molar refractivity (Wildman–Crippen MR) is 85.1 cm³/mol. The molecule has 1 aliphatic heterocycles. The van der Waals surface area contributed by atoms with Crippen LogP contribution >= 0.6 is 36.2 Å². The zero-order chi connectivity index (χ0) is 13.1. The molecule has 0 aromatic carbocycles. The number of amides is 1. The molecule has 1 unspecified atom stereocenters. The maximum atomic E-state index is 12.1. The lowest BCUT2D eigenvalue weighted by Gasteiger charge is -2.30. The minimum absolute atomic E-state index is 0. The van der Waals surface area contributed by atoms with Gasteiger partial charge in [0.15, 0.2) is 0 Å². The summed E-state index contributed by atoms with van der Waals surface area (Å²) in [5.74, 6) is -0.0254. The Balaban J connectivity index is 0.00000180. The van der Waals surface area contributed by atoms with Crippen LogP contribution in [-0.4, -0.2) is 36.2 Å². The van der Waals surface area contributed by atoms with Gasteiger partial charge in [0, 0.05) is 17.6 Å². The van der Waals surface area contributed by atoms with Gasteiger partial charge in [-0.15, -0.1) is 36.2 Å². The average Bonchev–Trinajstić information content (AvgIpc) is 2.76. The molecule has 2 N–H and O–H groups in total. The standard InChI is InChI=1S/C12H19N3O2S.2ClH/c1-7-6-14-12(18-7)8(2)15-11(16)10-9(3)17-5-4-13-10;;/h6,8-10,13H,4-5H2,1-3H3,(H,15,16);2*1H/t8?,9-,10+;;/m1../s1. The third-order valence-corrected chi connectivity index (χ3v) is 4.06. The third kappa shape index (κ3) is 4.86. The van der Waals surface area contributed by atoms with Crippen molar-refractivity contribution in [3.8, 4) is 0 Å². The second kappa shape index (κ2) is 8.79. The van der Waals surface area contributed by atoms with E-state index in [0.717, 1.165) is 9.88 Å². The smallest absolute Gasteiger partial charge is 0.240 e. The fourth-order valence-corrected chi connectivity index (χ4v) is 2.74. The number of rotatable bonds is 3. The van der Waals surface area contributed by atoms with Crippen molar-refractivity contribution in [1.29, 1.82) is 0 Å². The molecule has 0 aliphatic carbocycles. The molecule has 0 radical (unpaired) electrons. The molecule has 0 saturated carbocycles. The maximum Gasteiger partial charge on any atom is 0.240 e. The second-order valence-corrected chi connectivity index (χ2v) is 5.81. The number of carbonyl (C=O) groups excluding carboxylic acids is 1. The first-order chi connectivity index (χ1) is 8.58. The molecule has 1 fully saturated rings. The van der Waals surface area contributed by atoms with Gasteiger partial charge in [-0.1, -0.05) is 0 Å². The largest absolute Gasteiger partial charge is 0.375 e. The highest BCUT2D eigenvalue weighted by atomic mass is 35.5. The van der Waals surface area contributed by atoms with E-state index in [4.69, 9.17) is 4.74 Å². The van der Waals surface area contributed by atoms with Crippen molar-refractivity contribution in [2.24, 2.45) is 0 Å². The van der Waals surface area contributed by atoms with Crippen LogP contribution in [0, 0.1) is 6.92 Å². The van der Waals surface area contributed by atoms with Gasteiger partial charge in [0.25, 0.3) is 0 Å². The number of thiazole rings is 1. The predicted octanol–water partition coefficient (Wildman–Crippen LogP) is 1.85. The number of nitrogens with zero attached hydrogens (tertiary/aromatic N) is 1. The summed E-state index contributed by atoms with van der Waals surface area (Å²) in [6.07, 6.45) is 1.73. The van der Waals surface area contributed by atoms with Crippen LogP contribution < -0.4 is 10.6 Å². The Kier molecular flexibility index (Phi) is 8.62. The van der Waals surface area contributed by atoms with Gasteiger partial charge in [-0.05, 0) is 20.8 Å². The molecule has 8 heteroatoms. The van der Waals surface area contributed by atoms with Crippen LogP contribution in [-0.2, 0) is 9.53 Å². The molecule has 1 aliphatic rings. The van der Waals surface area contributed by atoms with E-state index in [0.29, 0.717) is 13.2 Å². The van der Waals surface area contributed by atoms with Crippen LogP contribution in [0.4, 0.5) is 0 Å². The van der Waals surface area contributed by atoms with Crippen LogP contribution in [0.15, 0.2) is 6.20 Å². The van der Waals surface area contributed by atoms with Gasteiger partial charge >= 0.3 is 0 Å². The number of halogens is 2. The Bertz CT molecular complexity index is 431. The lowest BCUT2D eigenvalue weighted by Crippen LogP contribution is -2.55. The Morgan fingerprint density at radius 3 is 2.85 bits per heavy atom. The SMILES string of the molecule is Cc1cnc(C(C)NC(=O)[C@H]2NCCO[C@@H]2C)s1.Cl.Cl. The van der Waals surface area contributed by atoms with Crippen LogP contribution in [0.25, 0.3) is 0 Å². The molecule has 1 amide bonds. The van der Waals surface area contributed by atoms with E-state index < -0.39 is 0 Å². The molecule has 116 valence electrons. The zero-order valence-corrected chi connectivity index (χ0v) is 14.2. The summed E-state index contributed by atoms with van der Waals surface area (Å²) in [5, 5.41) is 7.09. The van der Waals surface area contributed by atoms with Crippen molar-refractivity contribution in [3.05, 3.63) is 16.1 Å². The van der Waals surface area contributed by atoms with E-state index in [1.807, 2.05) is 27.0 Å². The monoisotopic (exact) mass is 341 g/mol. The van der Waals surface area contributed by atoms with Crippen molar-refractivity contribution in [2.75, 3.05) is 13.2 Å². The number of ether oxygens (including phenoxy) is 1. The minimum Gasteiger partial charge on any atom is -0.375 e. The van der Waals surface area contributed by atoms with E-state index in [1.165, 1.54) is 0 Å². The second-order valence-electron chi connectivity index (χ2n) is 4.55. The normalized spacial score (nSPS) is 23.1. The van der Waals surface area contributed by atoms with E-state index >= 15 is 0 Å². The van der Waals surface area contributed by atoms with Crippen molar-refractivity contribution < 1.29 is 9.53 Å². The van der Waals surface area contributed by atoms with Crippen LogP contribution in [0.2, 0.25) is 0 Å². The summed E-state index contributed by atoms with van der Waals surface area (Å²) < 4.78 is 5.47. The topological polar surface area (TPSA) is 63.2 Å². The fraction of sp³-hybridized carbons (Fsp3) is 0.667. The summed E-state index contributed by atoms with van der Waals surface area (Å²) in [4.78, 5) is 17.6. The van der Waals surface area contributed by atoms with Crippen LogP contribution in [0.1, 0.15) is 29.8 Å². The molecule has 5 nitrogen and oxygen atoms in total. The van der Waals surface area contributed by atoms with Crippen LogP contribution in [0.3, 0.4) is 0 Å². The fourth-order valence-electron chi connectivity index (χ4n) is 1.96. The number of nitrogens with one attached hydrogen (secondary N) is 2. The van der Waals surface area contributed by atoms with Gasteiger partial charge in [-0.25, -0.2) is 4.98 Å². The van der Waals surface area contributed by atoms with E-state index in [2.05, 4.69) is 15.6 Å². The highest BCUT2D eigenvalue weighted by molar-refractivity contribution is 7.11. The van der Waals surface area contributed by atoms with Gasteiger partial charge in [0.05, 0.1) is 18.8 Å². The van der Waals surface area contributed by atoms with E-state index in [1.54, 1.807) is 11.3 Å². The Labute approximate surface area is 135 Å². The van der Waals surface area contributed by atoms with E-state index in [-0.39, 0.29) is 48.9 Å². The average molecular weight is 342 g/mol. The third-order valence-electron chi connectivity index (χ3n) is 2.97. The number of aromatic nitrogens is 1. The quantitative estimate of drug-likeness (QED) is 0.880. The van der Waals surface area contributed by atoms with Gasteiger partial charge in [0.1, 0.15) is 11.0 Å². The molecular formula is C12H21Cl2N3O2S. The Morgan fingerprint density at radius 2 is 2.30 bits per heavy atom. The summed E-state index contributed by atoms with van der Waals surface area (Å²) >= 11 is 1.61. The number of morpholine rings is 1. The number of aryl methyl sites for hydroxylation is 1. The molecule has 2 heterocycles. The summed E-state index contributed by atoms with van der Waals surface area (Å²) in [5.41, 5.74) is 0. The molecule has 0 bridgehead atoms. The molecule has 1 aromatic rings. The Morgan fingerprint density at radius 1 is 1.60 bits per heavy atom. The molecule has 1 aromatic heterocycles. The van der Waals surface area contributed by atoms with Gasteiger partial charge < -0.3 is 15.4 Å². The highest BCUT2D eigenvalue weighted by Crippen LogP contribution is 2.19. The molecule has 1 saturated heterocycles. The van der Waals surface area contributed by atoms with Crippen molar-refractivity contribution >= 4 is 42.1 Å². The number of hydrogen-bond donors (Lipinski definition) is 2. The maximum absolute atomic E-state index is 12.1. The molecule has 3 atom stereocenters. The van der Waals surface area contributed by atoms with Gasteiger partial charge in [-0.3, -0.25) is 4.79 Å². The Hall–Kier alpha value is -0.400. The molecule has 0 spiro atoms. The van der Waals surface area contributed by atoms with Gasteiger partial charge in [0.2, 0.25) is 5.91 Å². The molecular weight excluding hydrogens is 321 g/mol. The van der Waals surface area contributed by atoms with E-state index in [9.17, 15) is 4.79 Å². The number of hydrogen-bond acceptors (Lipinski definition) is 5.